The highest BCUT2D eigenvalue weighted by atomic mass is 19.4. The fraction of sp³-hybridized carbons (Fsp3) is 0.375. The molecule has 3 heterocycles. The molecule has 2 aliphatic rings. The number of fused-ring (bicyclic) bond motifs is 1. The van der Waals surface area contributed by atoms with Crippen molar-refractivity contribution in [2.45, 2.75) is 31.0 Å². The van der Waals surface area contributed by atoms with Crippen molar-refractivity contribution in [2.24, 2.45) is 5.92 Å². The Morgan fingerprint density at radius 2 is 1.79 bits per heavy atom. The standard InChI is InChI=1S/C24H23F3N4O2/c25-24(26,27)18-4-2-17(3-5-18)23-12-19(23)13-30(15-23)10-1-11-31-14-20(21(32)29-22(31)33)16-6-8-28-9-7-16/h2-9,14,19H,1,10-13,15H2,(H,29,32,33)/t19-,23+/m0/s1. The predicted molar refractivity (Wildman–Crippen MR) is 117 cm³/mol. The van der Waals surface area contributed by atoms with E-state index < -0.39 is 23.0 Å². The van der Waals surface area contributed by atoms with E-state index in [9.17, 15) is 22.8 Å². The lowest BCUT2D eigenvalue weighted by molar-refractivity contribution is -0.137. The Balaban J connectivity index is 1.22. The van der Waals surface area contributed by atoms with Crippen LogP contribution in [0.15, 0.2) is 64.6 Å². The number of piperidine rings is 1. The van der Waals surface area contributed by atoms with Crippen molar-refractivity contribution in [3.8, 4) is 11.1 Å². The summed E-state index contributed by atoms with van der Waals surface area (Å²) >= 11 is 0. The maximum Gasteiger partial charge on any atom is 0.416 e. The normalized spacial score (nSPS) is 22.3. The zero-order valence-corrected chi connectivity index (χ0v) is 17.8. The van der Waals surface area contributed by atoms with E-state index in [2.05, 4.69) is 14.9 Å². The number of nitrogens with zero attached hydrogens (tertiary/aromatic N) is 3. The zero-order chi connectivity index (χ0) is 23.2. The molecular weight excluding hydrogens is 433 g/mol. The summed E-state index contributed by atoms with van der Waals surface area (Å²) in [7, 11) is 0. The number of hydrogen-bond donors (Lipinski definition) is 1. The predicted octanol–water partition coefficient (Wildman–Crippen LogP) is 3.28. The van der Waals surface area contributed by atoms with Crippen LogP contribution in [0.1, 0.15) is 24.0 Å². The molecule has 0 spiro atoms. The van der Waals surface area contributed by atoms with Crippen LogP contribution in [0.25, 0.3) is 11.1 Å². The lowest BCUT2D eigenvalue weighted by Gasteiger charge is -2.21. The van der Waals surface area contributed by atoms with E-state index in [0.29, 0.717) is 23.6 Å². The molecule has 1 saturated heterocycles. The SMILES string of the molecule is O=c1[nH]c(=O)n(CCCN2C[C@@H]3C[C@]3(c3ccc(C(F)(F)F)cc3)C2)cc1-c1ccncc1. The van der Waals surface area contributed by atoms with E-state index in [1.807, 2.05) is 0 Å². The first-order valence-corrected chi connectivity index (χ1v) is 10.9. The van der Waals surface area contributed by atoms with Gasteiger partial charge < -0.3 is 4.90 Å². The van der Waals surface area contributed by atoms with Gasteiger partial charge in [-0.25, -0.2) is 4.79 Å². The molecule has 2 aromatic heterocycles. The summed E-state index contributed by atoms with van der Waals surface area (Å²) < 4.78 is 40.1. The first-order valence-electron chi connectivity index (χ1n) is 10.9. The lowest BCUT2D eigenvalue weighted by atomic mass is 9.94. The summed E-state index contributed by atoms with van der Waals surface area (Å²) in [6, 6.07) is 9.02. The number of rotatable bonds is 6. The second kappa shape index (κ2) is 7.98. The lowest BCUT2D eigenvalue weighted by Crippen LogP contribution is -2.32. The summed E-state index contributed by atoms with van der Waals surface area (Å²) in [5.41, 5.74) is 0.546. The van der Waals surface area contributed by atoms with Gasteiger partial charge in [0.05, 0.1) is 11.1 Å². The molecule has 9 heteroatoms. The third kappa shape index (κ3) is 4.13. The molecule has 1 saturated carbocycles. The molecule has 5 rings (SSSR count). The number of halogens is 3. The molecule has 1 aliphatic carbocycles. The van der Waals surface area contributed by atoms with Crippen LogP contribution in [0.2, 0.25) is 0 Å². The van der Waals surface area contributed by atoms with Crippen LogP contribution in [0, 0.1) is 5.92 Å². The first kappa shape index (κ1) is 21.6. The smallest absolute Gasteiger partial charge is 0.302 e. The van der Waals surface area contributed by atoms with Gasteiger partial charge >= 0.3 is 11.9 Å². The van der Waals surface area contributed by atoms with Crippen LogP contribution in [0.3, 0.4) is 0 Å². The van der Waals surface area contributed by atoms with Crippen molar-refractivity contribution in [1.29, 1.82) is 0 Å². The monoisotopic (exact) mass is 456 g/mol. The Bertz CT molecular complexity index is 1270. The van der Waals surface area contributed by atoms with E-state index >= 15 is 0 Å². The van der Waals surface area contributed by atoms with E-state index in [4.69, 9.17) is 0 Å². The summed E-state index contributed by atoms with van der Waals surface area (Å²) in [5, 5.41) is 0. The van der Waals surface area contributed by atoms with Crippen molar-refractivity contribution in [3.63, 3.8) is 0 Å². The van der Waals surface area contributed by atoms with Crippen molar-refractivity contribution in [1.82, 2.24) is 19.4 Å². The van der Waals surface area contributed by atoms with Crippen LogP contribution in [0.5, 0.6) is 0 Å². The third-order valence-electron chi connectivity index (χ3n) is 6.88. The van der Waals surface area contributed by atoms with E-state index in [0.717, 1.165) is 38.0 Å². The minimum Gasteiger partial charge on any atom is -0.302 e. The molecule has 2 fully saturated rings. The average Bonchev–Trinajstić information content (AvgIpc) is 3.36. The largest absolute Gasteiger partial charge is 0.416 e. The van der Waals surface area contributed by atoms with Gasteiger partial charge in [0.2, 0.25) is 0 Å². The number of nitrogens with one attached hydrogen (secondary N) is 1. The Labute approximate surface area is 187 Å². The first-order chi connectivity index (χ1) is 15.8. The molecule has 1 N–H and O–H groups in total. The van der Waals surface area contributed by atoms with E-state index in [1.54, 1.807) is 42.9 Å². The highest BCUT2D eigenvalue weighted by molar-refractivity contribution is 5.60. The van der Waals surface area contributed by atoms with Gasteiger partial charge in [-0.1, -0.05) is 12.1 Å². The van der Waals surface area contributed by atoms with Gasteiger partial charge in [0.25, 0.3) is 5.56 Å². The number of likely N-dealkylation sites (tertiary alicyclic amines) is 1. The van der Waals surface area contributed by atoms with Crippen molar-refractivity contribution in [3.05, 3.63) is 87.0 Å². The highest BCUT2D eigenvalue weighted by Gasteiger charge is 2.60. The number of aromatic amines is 1. The number of H-pyrrole nitrogens is 1. The molecule has 1 aromatic carbocycles. The second-order valence-corrected chi connectivity index (χ2v) is 8.95. The number of benzene rings is 1. The molecule has 0 radical (unpaired) electrons. The van der Waals surface area contributed by atoms with Crippen LogP contribution < -0.4 is 11.2 Å². The van der Waals surface area contributed by atoms with Gasteiger partial charge in [0.15, 0.2) is 0 Å². The van der Waals surface area contributed by atoms with Gasteiger partial charge in [-0.2, -0.15) is 13.2 Å². The Hall–Kier alpha value is -3.20. The molecule has 3 aromatic rings. The Kier molecular flexibility index (Phi) is 5.23. The molecule has 172 valence electrons. The molecule has 2 atom stereocenters. The van der Waals surface area contributed by atoms with Crippen molar-refractivity contribution < 1.29 is 13.2 Å². The number of pyridine rings is 1. The van der Waals surface area contributed by atoms with E-state index in [1.165, 1.54) is 16.7 Å². The molecule has 0 bridgehead atoms. The summed E-state index contributed by atoms with van der Waals surface area (Å²) in [5.74, 6) is 0.461. The Morgan fingerprint density at radius 1 is 1.06 bits per heavy atom. The van der Waals surface area contributed by atoms with Crippen LogP contribution in [-0.2, 0) is 18.1 Å². The molecule has 0 unspecified atom stereocenters. The number of alkyl halides is 3. The minimum absolute atomic E-state index is 0.0482. The molecule has 6 nitrogen and oxygen atoms in total. The van der Waals surface area contributed by atoms with Crippen molar-refractivity contribution >= 4 is 0 Å². The zero-order valence-electron chi connectivity index (χ0n) is 17.8. The topological polar surface area (TPSA) is 71.0 Å². The van der Waals surface area contributed by atoms with Gasteiger partial charge in [0.1, 0.15) is 0 Å². The number of hydrogen-bond acceptors (Lipinski definition) is 4. The molecule has 1 aliphatic heterocycles. The molecule has 0 amide bonds. The third-order valence-corrected chi connectivity index (χ3v) is 6.88. The maximum atomic E-state index is 12.9. The van der Waals surface area contributed by atoms with Gasteiger partial charge in [0, 0.05) is 43.6 Å². The second-order valence-electron chi connectivity index (χ2n) is 8.95. The minimum atomic E-state index is -4.32. The Morgan fingerprint density at radius 3 is 2.48 bits per heavy atom. The fourth-order valence-corrected chi connectivity index (χ4v) is 5.07. The van der Waals surface area contributed by atoms with E-state index in [-0.39, 0.29) is 5.41 Å². The summed E-state index contributed by atoms with van der Waals surface area (Å²) in [6.45, 7) is 2.95. The van der Waals surface area contributed by atoms with Crippen molar-refractivity contribution in [2.75, 3.05) is 19.6 Å². The number of aryl methyl sites for hydroxylation is 1. The van der Waals surface area contributed by atoms with Crippen LogP contribution in [-0.4, -0.2) is 39.1 Å². The van der Waals surface area contributed by atoms with Gasteiger partial charge in [-0.15, -0.1) is 0 Å². The highest BCUT2D eigenvalue weighted by Crippen LogP contribution is 2.59. The average molecular weight is 456 g/mol. The maximum absolute atomic E-state index is 12.9. The van der Waals surface area contributed by atoms with Gasteiger partial charge in [-0.3, -0.25) is 19.3 Å². The van der Waals surface area contributed by atoms with Gasteiger partial charge in [-0.05, 0) is 60.7 Å². The van der Waals surface area contributed by atoms with Crippen LogP contribution >= 0.6 is 0 Å². The fourth-order valence-electron chi connectivity index (χ4n) is 5.07. The van der Waals surface area contributed by atoms with Crippen LogP contribution in [0.4, 0.5) is 13.2 Å². The summed E-state index contributed by atoms with van der Waals surface area (Å²) in [6.07, 6.45) is 2.17. The molecular formula is C24H23F3N4O2. The summed E-state index contributed by atoms with van der Waals surface area (Å²) in [4.78, 5) is 33.1. The quantitative estimate of drug-likeness (QED) is 0.618. The molecule has 33 heavy (non-hydrogen) atoms. The number of aromatic nitrogens is 3.